The molecular weight excluding hydrogens is 444 g/mol. The number of para-hydroxylation sites is 1. The van der Waals surface area contributed by atoms with Crippen LogP contribution in [0.1, 0.15) is 60.8 Å². The zero-order valence-corrected chi connectivity index (χ0v) is 20.6. The van der Waals surface area contributed by atoms with Crippen LogP contribution in [0.4, 0.5) is 0 Å². The predicted octanol–water partition coefficient (Wildman–Crippen LogP) is 3.35. The van der Waals surface area contributed by atoms with Crippen molar-refractivity contribution in [3.05, 3.63) is 65.5 Å². The number of carbonyl (C=O) groups excluding carboxylic acids is 1. The van der Waals surface area contributed by atoms with Crippen molar-refractivity contribution in [2.45, 2.75) is 52.7 Å². The lowest BCUT2D eigenvalue weighted by Crippen LogP contribution is -2.32. The van der Waals surface area contributed by atoms with Crippen LogP contribution in [0.2, 0.25) is 0 Å². The standard InChI is InChI=1S/C26H34N6O3/c1-4-35-22-9-5-7-20(24(22)33)17-31-12-10-23-29-30-25(32(23)14-13-31)21(15-18(2)3)28-26(34)19-8-6-11-27-16-19/h5-9,11,16,18,21,33H,4,10,12-15,17H2,1-3H3,(H,28,34)/t21-/m1/s1. The van der Waals surface area contributed by atoms with Crippen LogP contribution in [0.5, 0.6) is 11.5 Å². The number of phenolic OH excluding ortho intramolecular Hbond substituents is 1. The van der Waals surface area contributed by atoms with Gasteiger partial charge in [0.2, 0.25) is 0 Å². The van der Waals surface area contributed by atoms with Gasteiger partial charge in [0, 0.05) is 50.6 Å². The van der Waals surface area contributed by atoms with Crippen molar-refractivity contribution in [1.82, 2.24) is 30.0 Å². The fourth-order valence-electron chi connectivity index (χ4n) is 4.45. The highest BCUT2D eigenvalue weighted by molar-refractivity contribution is 5.94. The zero-order valence-electron chi connectivity index (χ0n) is 20.6. The number of phenols is 1. The Labute approximate surface area is 206 Å². The molecule has 0 bridgehead atoms. The maximum Gasteiger partial charge on any atom is 0.253 e. The van der Waals surface area contributed by atoms with Crippen molar-refractivity contribution in [1.29, 1.82) is 0 Å². The highest BCUT2D eigenvalue weighted by Crippen LogP contribution is 2.31. The molecule has 1 aromatic carbocycles. The van der Waals surface area contributed by atoms with Gasteiger partial charge in [-0.2, -0.15) is 0 Å². The van der Waals surface area contributed by atoms with Crippen LogP contribution in [-0.2, 0) is 19.5 Å². The third kappa shape index (κ3) is 5.97. The molecule has 0 unspecified atom stereocenters. The molecule has 1 aliphatic heterocycles. The number of aromatic hydroxyl groups is 1. The van der Waals surface area contributed by atoms with Crippen molar-refractivity contribution in [3.63, 3.8) is 0 Å². The van der Waals surface area contributed by atoms with Crippen molar-refractivity contribution >= 4 is 5.91 Å². The minimum absolute atomic E-state index is 0.166. The fourth-order valence-corrected chi connectivity index (χ4v) is 4.45. The maximum absolute atomic E-state index is 12.9. The quantitative estimate of drug-likeness (QED) is 0.486. The second-order valence-corrected chi connectivity index (χ2v) is 9.25. The summed E-state index contributed by atoms with van der Waals surface area (Å²) in [5, 5.41) is 22.7. The van der Waals surface area contributed by atoms with E-state index < -0.39 is 0 Å². The molecule has 3 aromatic rings. The monoisotopic (exact) mass is 478 g/mol. The van der Waals surface area contributed by atoms with Crippen molar-refractivity contribution in [2.24, 2.45) is 5.92 Å². The van der Waals surface area contributed by atoms with Crippen molar-refractivity contribution in [2.75, 3.05) is 19.7 Å². The Kier molecular flexibility index (Phi) is 7.97. The molecule has 1 atom stereocenters. The summed E-state index contributed by atoms with van der Waals surface area (Å²) in [6.45, 7) is 9.58. The molecule has 0 spiro atoms. The smallest absolute Gasteiger partial charge is 0.253 e. The Morgan fingerprint density at radius 2 is 2.03 bits per heavy atom. The van der Waals surface area contributed by atoms with Gasteiger partial charge < -0.3 is 19.7 Å². The van der Waals surface area contributed by atoms with Gasteiger partial charge in [0.15, 0.2) is 17.3 Å². The van der Waals surface area contributed by atoms with E-state index in [9.17, 15) is 9.90 Å². The van der Waals surface area contributed by atoms with E-state index in [0.717, 1.165) is 43.1 Å². The molecule has 9 nitrogen and oxygen atoms in total. The first kappa shape index (κ1) is 24.7. The first-order valence-electron chi connectivity index (χ1n) is 12.2. The lowest BCUT2D eigenvalue weighted by molar-refractivity contribution is 0.0928. The van der Waals surface area contributed by atoms with E-state index in [1.165, 1.54) is 0 Å². The first-order chi connectivity index (χ1) is 17.0. The summed E-state index contributed by atoms with van der Waals surface area (Å²) in [4.78, 5) is 19.2. The zero-order chi connectivity index (χ0) is 24.8. The number of ether oxygens (including phenoxy) is 1. The molecule has 0 saturated carbocycles. The average Bonchev–Trinajstić information content (AvgIpc) is 3.15. The summed E-state index contributed by atoms with van der Waals surface area (Å²) >= 11 is 0. The van der Waals surface area contributed by atoms with Gasteiger partial charge >= 0.3 is 0 Å². The number of hydrogen-bond acceptors (Lipinski definition) is 7. The predicted molar refractivity (Wildman–Crippen MR) is 132 cm³/mol. The van der Waals surface area contributed by atoms with Gasteiger partial charge in [0.1, 0.15) is 5.82 Å². The van der Waals surface area contributed by atoms with E-state index in [-0.39, 0.29) is 17.7 Å². The Bertz CT molecular complexity index is 1130. The van der Waals surface area contributed by atoms with Crippen LogP contribution >= 0.6 is 0 Å². The molecule has 9 heteroatoms. The van der Waals surface area contributed by atoms with Crippen LogP contribution in [-0.4, -0.2) is 55.4 Å². The largest absolute Gasteiger partial charge is 0.504 e. The third-order valence-electron chi connectivity index (χ3n) is 6.17. The molecule has 186 valence electrons. The number of aromatic nitrogens is 4. The Hall–Kier alpha value is -3.46. The number of nitrogens with zero attached hydrogens (tertiary/aromatic N) is 5. The van der Waals surface area contributed by atoms with Crippen LogP contribution < -0.4 is 10.1 Å². The van der Waals surface area contributed by atoms with Gasteiger partial charge in [-0.3, -0.25) is 14.7 Å². The number of fused-ring (bicyclic) bond motifs is 1. The van der Waals surface area contributed by atoms with E-state index in [1.807, 2.05) is 19.1 Å². The van der Waals surface area contributed by atoms with E-state index in [0.29, 0.717) is 36.9 Å². The lowest BCUT2D eigenvalue weighted by atomic mass is 10.0. The Morgan fingerprint density at radius 1 is 1.17 bits per heavy atom. The molecule has 1 aliphatic rings. The Morgan fingerprint density at radius 3 is 2.77 bits per heavy atom. The van der Waals surface area contributed by atoms with E-state index in [4.69, 9.17) is 4.74 Å². The molecule has 3 heterocycles. The topological polar surface area (TPSA) is 105 Å². The lowest BCUT2D eigenvalue weighted by Gasteiger charge is -2.23. The number of carbonyl (C=O) groups is 1. The molecule has 35 heavy (non-hydrogen) atoms. The molecule has 1 amide bonds. The van der Waals surface area contributed by atoms with Crippen LogP contribution in [0.25, 0.3) is 0 Å². The van der Waals surface area contributed by atoms with E-state index in [2.05, 4.69) is 43.8 Å². The molecule has 4 rings (SSSR count). The second-order valence-electron chi connectivity index (χ2n) is 9.25. The normalized spacial score (nSPS) is 14.9. The molecule has 0 aliphatic carbocycles. The van der Waals surface area contributed by atoms with Crippen LogP contribution in [0.3, 0.4) is 0 Å². The number of hydrogen-bond donors (Lipinski definition) is 2. The SMILES string of the molecule is CCOc1cccc(CN2CCc3nnc([C@@H](CC(C)C)NC(=O)c4cccnc4)n3CC2)c1O. The van der Waals surface area contributed by atoms with Crippen LogP contribution in [0, 0.1) is 5.92 Å². The minimum atomic E-state index is -0.248. The molecule has 2 N–H and O–H groups in total. The summed E-state index contributed by atoms with van der Waals surface area (Å²) in [5.74, 6) is 2.62. The molecule has 0 saturated heterocycles. The molecular formula is C26H34N6O3. The van der Waals surface area contributed by atoms with Crippen LogP contribution in [0.15, 0.2) is 42.7 Å². The summed E-state index contributed by atoms with van der Waals surface area (Å²) in [5.41, 5.74) is 1.37. The van der Waals surface area contributed by atoms with Gasteiger partial charge in [-0.05, 0) is 37.5 Å². The second kappa shape index (κ2) is 11.3. The van der Waals surface area contributed by atoms with Gasteiger partial charge in [0.05, 0.1) is 18.2 Å². The summed E-state index contributed by atoms with van der Waals surface area (Å²) in [6.07, 6.45) is 4.72. The maximum atomic E-state index is 12.9. The highest BCUT2D eigenvalue weighted by Gasteiger charge is 2.26. The molecule has 0 fully saturated rings. The van der Waals surface area contributed by atoms with Gasteiger partial charge in [-0.15, -0.1) is 10.2 Å². The number of pyridine rings is 1. The summed E-state index contributed by atoms with van der Waals surface area (Å²) in [7, 11) is 0. The van der Waals surface area contributed by atoms with E-state index in [1.54, 1.807) is 30.6 Å². The third-order valence-corrected chi connectivity index (χ3v) is 6.17. The van der Waals surface area contributed by atoms with Crippen molar-refractivity contribution < 1.29 is 14.6 Å². The van der Waals surface area contributed by atoms with E-state index >= 15 is 0 Å². The van der Waals surface area contributed by atoms with Gasteiger partial charge in [0.25, 0.3) is 5.91 Å². The van der Waals surface area contributed by atoms with Crippen molar-refractivity contribution in [3.8, 4) is 11.5 Å². The number of amides is 1. The summed E-state index contributed by atoms with van der Waals surface area (Å²) in [6, 6.07) is 8.89. The van der Waals surface area contributed by atoms with Gasteiger partial charge in [-0.1, -0.05) is 26.0 Å². The number of nitrogens with one attached hydrogen (secondary N) is 1. The first-order valence-corrected chi connectivity index (χ1v) is 12.2. The Balaban J connectivity index is 1.49. The molecule has 0 radical (unpaired) electrons. The average molecular weight is 479 g/mol. The highest BCUT2D eigenvalue weighted by atomic mass is 16.5. The number of benzene rings is 1. The summed E-state index contributed by atoms with van der Waals surface area (Å²) < 4.78 is 7.68. The van der Waals surface area contributed by atoms with Gasteiger partial charge in [-0.25, -0.2) is 0 Å². The fraction of sp³-hybridized carbons (Fsp3) is 0.462. The molecule has 2 aromatic heterocycles. The number of rotatable bonds is 9. The minimum Gasteiger partial charge on any atom is -0.504 e.